The SMILES string of the molecule is Cc1c(CCC(=O)O)c(=O)oc2cc3occc3cc12. The Morgan fingerprint density at radius 1 is 1.30 bits per heavy atom. The Balaban J connectivity index is 2.24. The van der Waals surface area contributed by atoms with Crippen LogP contribution in [0, 0.1) is 6.92 Å². The normalized spacial score (nSPS) is 11.2. The van der Waals surface area contributed by atoms with E-state index in [1.165, 1.54) is 0 Å². The zero-order valence-corrected chi connectivity index (χ0v) is 10.8. The van der Waals surface area contributed by atoms with Gasteiger partial charge in [-0.15, -0.1) is 0 Å². The van der Waals surface area contributed by atoms with Gasteiger partial charge in [0, 0.05) is 28.8 Å². The van der Waals surface area contributed by atoms with Gasteiger partial charge in [-0.2, -0.15) is 0 Å². The topological polar surface area (TPSA) is 80.6 Å². The quantitative estimate of drug-likeness (QED) is 0.741. The Morgan fingerprint density at radius 3 is 2.85 bits per heavy atom. The fourth-order valence-electron chi connectivity index (χ4n) is 2.37. The molecule has 0 radical (unpaired) electrons. The molecule has 0 saturated heterocycles. The lowest BCUT2D eigenvalue weighted by atomic mass is 10.0. The van der Waals surface area contributed by atoms with E-state index in [9.17, 15) is 9.59 Å². The van der Waals surface area contributed by atoms with Crippen LogP contribution in [0.4, 0.5) is 0 Å². The van der Waals surface area contributed by atoms with Crippen molar-refractivity contribution in [2.45, 2.75) is 19.8 Å². The summed E-state index contributed by atoms with van der Waals surface area (Å²) >= 11 is 0. The molecule has 2 heterocycles. The highest BCUT2D eigenvalue weighted by atomic mass is 16.4. The first-order valence-corrected chi connectivity index (χ1v) is 6.21. The van der Waals surface area contributed by atoms with Crippen molar-refractivity contribution in [3.8, 4) is 0 Å². The van der Waals surface area contributed by atoms with Crippen molar-refractivity contribution in [2.75, 3.05) is 0 Å². The van der Waals surface area contributed by atoms with Crippen molar-refractivity contribution in [2.24, 2.45) is 0 Å². The molecule has 1 aromatic carbocycles. The first kappa shape index (κ1) is 12.5. The van der Waals surface area contributed by atoms with Crippen molar-refractivity contribution in [3.63, 3.8) is 0 Å². The molecular weight excluding hydrogens is 260 g/mol. The largest absolute Gasteiger partial charge is 0.481 e. The van der Waals surface area contributed by atoms with Gasteiger partial charge in [0.05, 0.1) is 6.26 Å². The van der Waals surface area contributed by atoms with Crippen LogP contribution < -0.4 is 5.63 Å². The summed E-state index contributed by atoms with van der Waals surface area (Å²) in [5, 5.41) is 10.5. The number of carboxylic acids is 1. The number of hydrogen-bond donors (Lipinski definition) is 1. The third-order valence-corrected chi connectivity index (χ3v) is 3.45. The molecule has 0 fully saturated rings. The van der Waals surface area contributed by atoms with Gasteiger partial charge in [-0.25, -0.2) is 4.79 Å². The zero-order chi connectivity index (χ0) is 14.3. The summed E-state index contributed by atoms with van der Waals surface area (Å²) in [4.78, 5) is 22.6. The molecule has 0 aliphatic carbocycles. The van der Waals surface area contributed by atoms with Gasteiger partial charge in [0.1, 0.15) is 11.2 Å². The Morgan fingerprint density at radius 2 is 2.10 bits per heavy atom. The number of aryl methyl sites for hydroxylation is 1. The van der Waals surface area contributed by atoms with Gasteiger partial charge in [0.15, 0.2) is 0 Å². The van der Waals surface area contributed by atoms with Crippen LogP contribution in [-0.4, -0.2) is 11.1 Å². The van der Waals surface area contributed by atoms with Crippen molar-refractivity contribution < 1.29 is 18.7 Å². The first-order chi connectivity index (χ1) is 9.56. The highest BCUT2D eigenvalue weighted by Crippen LogP contribution is 2.26. The molecule has 0 aliphatic heterocycles. The summed E-state index contributed by atoms with van der Waals surface area (Å²) in [6, 6.07) is 5.40. The van der Waals surface area contributed by atoms with E-state index in [2.05, 4.69) is 0 Å². The highest BCUT2D eigenvalue weighted by Gasteiger charge is 2.14. The first-order valence-electron chi connectivity index (χ1n) is 6.21. The smallest absolute Gasteiger partial charge is 0.339 e. The second kappa shape index (κ2) is 4.52. The molecular formula is C15H12O5. The van der Waals surface area contributed by atoms with E-state index in [0.717, 1.165) is 16.3 Å². The van der Waals surface area contributed by atoms with Crippen LogP contribution in [-0.2, 0) is 11.2 Å². The Kier molecular flexibility index (Phi) is 2.82. The van der Waals surface area contributed by atoms with Gasteiger partial charge in [0.2, 0.25) is 0 Å². The number of hydrogen-bond acceptors (Lipinski definition) is 4. The molecule has 20 heavy (non-hydrogen) atoms. The third-order valence-electron chi connectivity index (χ3n) is 3.45. The third kappa shape index (κ3) is 1.97. The van der Waals surface area contributed by atoms with E-state index in [4.69, 9.17) is 13.9 Å². The van der Waals surface area contributed by atoms with Gasteiger partial charge in [-0.05, 0) is 31.0 Å². The molecule has 5 nitrogen and oxygen atoms in total. The summed E-state index contributed by atoms with van der Waals surface area (Å²) in [6.07, 6.45) is 1.65. The minimum Gasteiger partial charge on any atom is -0.481 e. The molecule has 0 spiro atoms. The van der Waals surface area contributed by atoms with E-state index in [1.54, 1.807) is 12.3 Å². The van der Waals surface area contributed by atoms with E-state index >= 15 is 0 Å². The van der Waals surface area contributed by atoms with E-state index < -0.39 is 11.6 Å². The lowest BCUT2D eigenvalue weighted by Crippen LogP contribution is -2.12. The molecule has 5 heteroatoms. The molecule has 3 aromatic rings. The molecule has 0 unspecified atom stereocenters. The molecule has 102 valence electrons. The van der Waals surface area contributed by atoms with E-state index in [0.29, 0.717) is 16.7 Å². The summed E-state index contributed by atoms with van der Waals surface area (Å²) in [5.74, 6) is -0.936. The van der Waals surface area contributed by atoms with Crippen LogP contribution in [0.2, 0.25) is 0 Å². The van der Waals surface area contributed by atoms with E-state index in [1.807, 2.05) is 19.1 Å². The highest BCUT2D eigenvalue weighted by molar-refractivity contribution is 5.94. The Bertz CT molecular complexity index is 869. The summed E-state index contributed by atoms with van der Waals surface area (Å²) in [5.41, 5.74) is 1.80. The van der Waals surface area contributed by atoms with Gasteiger partial charge in [-0.3, -0.25) is 4.79 Å². The second-order valence-corrected chi connectivity index (χ2v) is 4.69. The minimum atomic E-state index is -0.936. The predicted molar refractivity (Wildman–Crippen MR) is 72.9 cm³/mol. The Labute approximate surface area is 113 Å². The molecule has 2 aromatic heterocycles. The van der Waals surface area contributed by atoms with Crippen LogP contribution in [0.5, 0.6) is 0 Å². The lowest BCUT2D eigenvalue weighted by Gasteiger charge is -2.06. The zero-order valence-electron chi connectivity index (χ0n) is 10.8. The summed E-state index contributed by atoms with van der Waals surface area (Å²) in [6.45, 7) is 1.81. The van der Waals surface area contributed by atoms with Gasteiger partial charge in [-0.1, -0.05) is 0 Å². The average molecular weight is 272 g/mol. The van der Waals surface area contributed by atoms with Gasteiger partial charge < -0.3 is 13.9 Å². The van der Waals surface area contributed by atoms with Crippen molar-refractivity contribution in [1.29, 1.82) is 0 Å². The maximum atomic E-state index is 12.0. The van der Waals surface area contributed by atoms with Gasteiger partial charge >= 0.3 is 11.6 Å². The molecule has 0 amide bonds. The van der Waals surface area contributed by atoms with Crippen LogP contribution in [0.1, 0.15) is 17.5 Å². The number of carboxylic acid groups (broad SMARTS) is 1. The lowest BCUT2D eigenvalue weighted by molar-refractivity contribution is -0.136. The maximum Gasteiger partial charge on any atom is 0.339 e. The van der Waals surface area contributed by atoms with Crippen molar-refractivity contribution in [1.82, 2.24) is 0 Å². The predicted octanol–water partition coefficient (Wildman–Crippen LogP) is 2.86. The second-order valence-electron chi connectivity index (χ2n) is 4.69. The molecule has 0 saturated carbocycles. The van der Waals surface area contributed by atoms with Crippen LogP contribution in [0.3, 0.4) is 0 Å². The minimum absolute atomic E-state index is 0.0922. The number of fused-ring (bicyclic) bond motifs is 2. The monoisotopic (exact) mass is 272 g/mol. The molecule has 3 rings (SSSR count). The molecule has 0 bridgehead atoms. The number of aliphatic carboxylic acids is 1. The average Bonchev–Trinajstić information content (AvgIpc) is 2.83. The fraction of sp³-hybridized carbons (Fsp3) is 0.200. The van der Waals surface area contributed by atoms with Gasteiger partial charge in [0.25, 0.3) is 0 Å². The molecule has 0 atom stereocenters. The van der Waals surface area contributed by atoms with Crippen molar-refractivity contribution >= 4 is 27.9 Å². The van der Waals surface area contributed by atoms with E-state index in [-0.39, 0.29) is 12.8 Å². The van der Waals surface area contributed by atoms with Crippen molar-refractivity contribution in [3.05, 3.63) is 46.0 Å². The summed E-state index contributed by atoms with van der Waals surface area (Å²) in [7, 11) is 0. The van der Waals surface area contributed by atoms with Crippen LogP contribution in [0.25, 0.3) is 21.9 Å². The number of benzene rings is 1. The fourth-order valence-corrected chi connectivity index (χ4v) is 2.37. The number of carbonyl (C=O) groups is 1. The standard InChI is InChI=1S/C15H12O5/c1-8-10(2-3-14(16)17)15(18)20-13-7-12-9(4-5-19-12)6-11(8)13/h4-7H,2-3H2,1H3,(H,16,17). The number of rotatable bonds is 3. The number of furan rings is 1. The van der Waals surface area contributed by atoms with Crippen LogP contribution in [0.15, 0.2) is 38.1 Å². The maximum absolute atomic E-state index is 12.0. The molecule has 0 aliphatic rings. The molecule has 1 N–H and O–H groups in total. The van der Waals surface area contributed by atoms with Crippen LogP contribution >= 0.6 is 0 Å². The Hall–Kier alpha value is -2.56. The summed E-state index contributed by atoms with van der Waals surface area (Å²) < 4.78 is 10.6.